The number of imidazole rings is 1. The average Bonchev–Trinajstić information content (AvgIpc) is 3.12. The molecule has 0 aliphatic heterocycles. The number of anilines is 1. The molecule has 2 heterocycles. The molecule has 0 aliphatic rings. The van der Waals surface area contributed by atoms with Crippen LogP contribution in [0.25, 0.3) is 0 Å². The van der Waals surface area contributed by atoms with E-state index in [1.165, 1.54) is 28.7 Å². The molecule has 1 aromatic carbocycles. The quantitative estimate of drug-likeness (QED) is 0.658. The van der Waals surface area contributed by atoms with Gasteiger partial charge in [-0.15, -0.1) is 11.3 Å². The van der Waals surface area contributed by atoms with E-state index >= 15 is 0 Å². The van der Waals surface area contributed by atoms with Gasteiger partial charge in [-0.3, -0.25) is 4.79 Å². The number of thioether (sulfide) groups is 1. The van der Waals surface area contributed by atoms with Gasteiger partial charge >= 0.3 is 0 Å². The minimum Gasteiger partial charge on any atom is -0.337 e. The molecule has 24 heavy (non-hydrogen) atoms. The van der Waals surface area contributed by atoms with E-state index in [1.54, 1.807) is 0 Å². The molecule has 0 fully saturated rings. The second kappa shape index (κ2) is 7.63. The fraction of sp³-hybridized carbons (Fsp3) is 0.235. The number of thiazole rings is 1. The minimum atomic E-state index is -0.0759. The number of carbonyl (C=O) groups excluding carboxylic acids is 1. The summed E-state index contributed by atoms with van der Waals surface area (Å²) in [6.07, 6.45) is 0.786. The molecular formula is C17H18N4OS2. The van der Waals surface area contributed by atoms with Crippen LogP contribution in [-0.2, 0) is 11.2 Å². The van der Waals surface area contributed by atoms with Crippen LogP contribution in [0, 0.1) is 13.8 Å². The minimum absolute atomic E-state index is 0.0759. The van der Waals surface area contributed by atoms with Gasteiger partial charge in [0.2, 0.25) is 5.91 Å². The summed E-state index contributed by atoms with van der Waals surface area (Å²) in [5.74, 6) is 0.226. The zero-order valence-corrected chi connectivity index (χ0v) is 15.1. The zero-order valence-electron chi connectivity index (χ0n) is 13.5. The van der Waals surface area contributed by atoms with Gasteiger partial charge in [0, 0.05) is 17.5 Å². The molecule has 5 nitrogen and oxygen atoms in total. The predicted octanol–water partition coefficient (Wildman–Crippen LogP) is 3.80. The Hall–Kier alpha value is -2.12. The van der Waals surface area contributed by atoms with E-state index in [0.717, 1.165) is 28.7 Å². The molecule has 2 aromatic heterocycles. The van der Waals surface area contributed by atoms with Crippen molar-refractivity contribution in [1.29, 1.82) is 0 Å². The predicted molar refractivity (Wildman–Crippen MR) is 98.8 cm³/mol. The van der Waals surface area contributed by atoms with Crippen LogP contribution in [0.1, 0.15) is 22.6 Å². The van der Waals surface area contributed by atoms with Gasteiger partial charge in [0.25, 0.3) is 0 Å². The summed E-state index contributed by atoms with van der Waals surface area (Å²) < 4.78 is 0. The maximum Gasteiger partial charge on any atom is 0.236 e. The van der Waals surface area contributed by atoms with Crippen molar-refractivity contribution in [1.82, 2.24) is 15.0 Å². The highest BCUT2D eigenvalue weighted by molar-refractivity contribution is 7.99. The van der Waals surface area contributed by atoms with Crippen molar-refractivity contribution >= 4 is 34.1 Å². The van der Waals surface area contributed by atoms with E-state index in [9.17, 15) is 4.79 Å². The van der Waals surface area contributed by atoms with Gasteiger partial charge in [-0.05, 0) is 19.4 Å². The van der Waals surface area contributed by atoms with Gasteiger partial charge in [-0.1, -0.05) is 42.1 Å². The normalized spacial score (nSPS) is 10.8. The van der Waals surface area contributed by atoms with Crippen LogP contribution in [0.4, 0.5) is 5.13 Å². The number of nitrogens with zero attached hydrogens (tertiary/aromatic N) is 2. The molecule has 0 bridgehead atoms. The Morgan fingerprint density at radius 1 is 1.25 bits per heavy atom. The summed E-state index contributed by atoms with van der Waals surface area (Å²) in [6.45, 7) is 3.91. The molecule has 0 radical (unpaired) electrons. The third kappa shape index (κ3) is 4.46. The van der Waals surface area contributed by atoms with Crippen molar-refractivity contribution in [3.05, 3.63) is 58.4 Å². The van der Waals surface area contributed by atoms with Crippen LogP contribution in [0.5, 0.6) is 0 Å². The lowest BCUT2D eigenvalue weighted by Crippen LogP contribution is -2.13. The topological polar surface area (TPSA) is 70.7 Å². The number of benzene rings is 1. The molecule has 0 unspecified atom stereocenters. The van der Waals surface area contributed by atoms with E-state index < -0.39 is 0 Å². The number of H-pyrrole nitrogens is 1. The van der Waals surface area contributed by atoms with Crippen LogP contribution < -0.4 is 5.32 Å². The highest BCUT2D eigenvalue weighted by Crippen LogP contribution is 2.20. The first-order chi connectivity index (χ1) is 11.6. The Morgan fingerprint density at radius 2 is 2.04 bits per heavy atom. The Labute approximate surface area is 148 Å². The van der Waals surface area contributed by atoms with Crippen LogP contribution in [-0.4, -0.2) is 26.6 Å². The van der Waals surface area contributed by atoms with Crippen molar-refractivity contribution in [2.24, 2.45) is 0 Å². The van der Waals surface area contributed by atoms with Crippen molar-refractivity contribution in [3.63, 3.8) is 0 Å². The van der Waals surface area contributed by atoms with Crippen molar-refractivity contribution < 1.29 is 4.79 Å². The second-order valence-corrected chi connectivity index (χ2v) is 7.23. The lowest BCUT2D eigenvalue weighted by Gasteiger charge is -1.99. The molecule has 3 aromatic rings. The highest BCUT2D eigenvalue weighted by Gasteiger charge is 2.11. The first kappa shape index (κ1) is 16.7. The van der Waals surface area contributed by atoms with Gasteiger partial charge < -0.3 is 10.3 Å². The smallest absolute Gasteiger partial charge is 0.236 e. The summed E-state index contributed by atoms with van der Waals surface area (Å²) in [5.41, 5.74) is 4.19. The molecule has 124 valence electrons. The van der Waals surface area contributed by atoms with Crippen LogP contribution in [0.15, 0.2) is 40.9 Å². The number of aryl methyl sites for hydroxylation is 2. The fourth-order valence-electron chi connectivity index (χ4n) is 2.20. The van der Waals surface area contributed by atoms with Gasteiger partial charge in [0.1, 0.15) is 0 Å². The average molecular weight is 358 g/mol. The number of carbonyl (C=O) groups is 1. The molecule has 0 atom stereocenters. The number of amides is 1. The van der Waals surface area contributed by atoms with Crippen LogP contribution in [0.3, 0.4) is 0 Å². The number of aromatic nitrogens is 3. The number of aromatic amines is 1. The molecule has 3 rings (SSSR count). The second-order valence-electron chi connectivity index (χ2n) is 5.41. The number of hydrogen-bond donors (Lipinski definition) is 2. The van der Waals surface area contributed by atoms with Gasteiger partial charge in [-0.2, -0.15) is 0 Å². The summed E-state index contributed by atoms with van der Waals surface area (Å²) in [6, 6.07) is 10.2. The van der Waals surface area contributed by atoms with E-state index in [-0.39, 0.29) is 5.91 Å². The SMILES string of the molecule is Cc1csc(NC(=O)CSc2nc(Cc3ccccc3)c(C)[nH]2)n1. The Balaban J connectivity index is 1.56. The number of rotatable bonds is 6. The van der Waals surface area contributed by atoms with Crippen molar-refractivity contribution in [2.45, 2.75) is 25.4 Å². The maximum atomic E-state index is 12.0. The lowest BCUT2D eigenvalue weighted by atomic mass is 10.1. The molecule has 0 saturated carbocycles. The van der Waals surface area contributed by atoms with E-state index in [2.05, 4.69) is 32.4 Å². The first-order valence-corrected chi connectivity index (χ1v) is 9.41. The van der Waals surface area contributed by atoms with Crippen molar-refractivity contribution in [2.75, 3.05) is 11.1 Å². The Bertz CT molecular complexity index is 826. The van der Waals surface area contributed by atoms with Gasteiger partial charge in [-0.25, -0.2) is 9.97 Å². The molecule has 7 heteroatoms. The zero-order chi connectivity index (χ0) is 16.9. The largest absolute Gasteiger partial charge is 0.337 e. The van der Waals surface area contributed by atoms with E-state index in [4.69, 9.17) is 0 Å². The molecule has 0 saturated heterocycles. The Kier molecular flexibility index (Phi) is 5.32. The third-order valence-electron chi connectivity index (χ3n) is 3.38. The maximum absolute atomic E-state index is 12.0. The first-order valence-electron chi connectivity index (χ1n) is 7.54. The summed E-state index contributed by atoms with van der Waals surface area (Å²) in [4.78, 5) is 24.0. The van der Waals surface area contributed by atoms with Crippen molar-refractivity contribution in [3.8, 4) is 0 Å². The summed E-state index contributed by atoms with van der Waals surface area (Å²) >= 11 is 2.83. The molecule has 0 aliphatic carbocycles. The molecule has 0 spiro atoms. The molecule has 1 amide bonds. The monoisotopic (exact) mass is 358 g/mol. The lowest BCUT2D eigenvalue weighted by molar-refractivity contribution is -0.113. The van der Waals surface area contributed by atoms with Gasteiger partial charge in [0.15, 0.2) is 10.3 Å². The van der Waals surface area contributed by atoms with Gasteiger partial charge in [0.05, 0.1) is 17.1 Å². The fourth-order valence-corrected chi connectivity index (χ4v) is 3.64. The summed E-state index contributed by atoms with van der Waals surface area (Å²) in [7, 11) is 0. The third-order valence-corrected chi connectivity index (χ3v) is 5.13. The molecular weight excluding hydrogens is 340 g/mol. The number of nitrogens with one attached hydrogen (secondary N) is 2. The van der Waals surface area contributed by atoms with Crippen LogP contribution >= 0.6 is 23.1 Å². The molecule has 2 N–H and O–H groups in total. The highest BCUT2D eigenvalue weighted by atomic mass is 32.2. The van der Waals surface area contributed by atoms with Crippen LogP contribution in [0.2, 0.25) is 0 Å². The van der Waals surface area contributed by atoms with E-state index in [1.807, 2.05) is 37.4 Å². The van der Waals surface area contributed by atoms with E-state index in [0.29, 0.717) is 10.9 Å². The number of hydrogen-bond acceptors (Lipinski definition) is 5. The summed E-state index contributed by atoms with van der Waals surface area (Å²) in [5, 5.41) is 6.12. The standard InChI is InChI=1S/C17H18N4OS2/c1-11-9-23-16(18-11)21-15(22)10-24-17-19-12(2)14(20-17)8-13-6-4-3-5-7-13/h3-7,9H,8,10H2,1-2H3,(H,19,20)(H,18,21,22). The Morgan fingerprint density at radius 3 is 2.75 bits per heavy atom.